The highest BCUT2D eigenvalue weighted by atomic mass is 32.2. The van der Waals surface area contributed by atoms with Gasteiger partial charge in [0.2, 0.25) is 0 Å². The number of rotatable bonds is 6. The minimum Gasteiger partial charge on any atom is -0.356 e. The summed E-state index contributed by atoms with van der Waals surface area (Å²) in [7, 11) is -0.937. The van der Waals surface area contributed by atoms with E-state index in [0.29, 0.717) is 0 Å². The molecule has 0 aromatic carbocycles. The fourth-order valence-electron chi connectivity index (χ4n) is 3.63. The molecule has 0 radical (unpaired) electrons. The van der Waals surface area contributed by atoms with E-state index >= 15 is 0 Å². The number of aromatic nitrogens is 2. The second kappa shape index (κ2) is 8.65. The van der Waals surface area contributed by atoms with E-state index in [1.165, 1.54) is 19.3 Å². The van der Waals surface area contributed by atoms with E-state index < -0.39 is 10.8 Å². The Hall–Kier alpha value is -1.53. The van der Waals surface area contributed by atoms with Crippen molar-refractivity contribution in [1.29, 1.82) is 0 Å². The van der Waals surface area contributed by atoms with E-state index in [4.69, 9.17) is 9.97 Å². The number of nitrogens with zero attached hydrogens (tertiary/aromatic N) is 3. The van der Waals surface area contributed by atoms with Crippen molar-refractivity contribution < 1.29 is 4.21 Å². The molecule has 144 valence electrons. The van der Waals surface area contributed by atoms with Crippen molar-refractivity contribution in [2.45, 2.75) is 56.1 Å². The maximum absolute atomic E-state index is 12.7. The number of thiophene rings is 1. The SMILES string of the molecule is CCCCS(=O)c1cc2c(N3CCCCC3)nc(C3=CCCC=C3)nc2s1. The van der Waals surface area contributed by atoms with Crippen LogP contribution in [0.4, 0.5) is 5.82 Å². The van der Waals surface area contributed by atoms with Gasteiger partial charge in [-0.2, -0.15) is 0 Å². The van der Waals surface area contributed by atoms with Gasteiger partial charge in [-0.15, -0.1) is 11.3 Å². The number of allylic oxidation sites excluding steroid dienone is 4. The van der Waals surface area contributed by atoms with Gasteiger partial charge < -0.3 is 4.90 Å². The zero-order valence-corrected chi connectivity index (χ0v) is 17.6. The summed E-state index contributed by atoms with van der Waals surface area (Å²) in [5.74, 6) is 2.58. The first-order chi connectivity index (χ1) is 13.3. The van der Waals surface area contributed by atoms with Crippen LogP contribution in [-0.2, 0) is 10.8 Å². The average molecular weight is 402 g/mol. The van der Waals surface area contributed by atoms with Gasteiger partial charge in [0.25, 0.3) is 0 Å². The fraction of sp³-hybridized carbons (Fsp3) is 0.524. The lowest BCUT2D eigenvalue weighted by atomic mass is 10.1. The second-order valence-corrected chi connectivity index (χ2v) is 10.1. The van der Waals surface area contributed by atoms with Crippen molar-refractivity contribution >= 4 is 43.7 Å². The largest absolute Gasteiger partial charge is 0.356 e. The van der Waals surface area contributed by atoms with Crippen molar-refractivity contribution in [2.24, 2.45) is 0 Å². The minimum atomic E-state index is -0.937. The Labute approximate surface area is 167 Å². The standard InChI is InChI=1S/C21H27N3OS2/c1-2-3-14-27(25)18-15-17-20(24-12-8-5-9-13-24)22-19(23-21(17)26-18)16-10-6-4-7-11-16/h6,10-11,15H,2-5,7-9,12-14H2,1H3. The lowest BCUT2D eigenvalue weighted by Crippen LogP contribution is -2.30. The number of fused-ring (bicyclic) bond motifs is 1. The molecule has 0 saturated carbocycles. The molecule has 4 rings (SSSR count). The van der Waals surface area contributed by atoms with E-state index in [9.17, 15) is 4.21 Å². The van der Waals surface area contributed by atoms with Crippen LogP contribution in [0.5, 0.6) is 0 Å². The molecule has 2 aromatic rings. The minimum absolute atomic E-state index is 0.733. The van der Waals surface area contributed by atoms with Crippen LogP contribution >= 0.6 is 11.3 Å². The van der Waals surface area contributed by atoms with Crippen LogP contribution in [-0.4, -0.2) is 33.0 Å². The zero-order valence-electron chi connectivity index (χ0n) is 15.9. The van der Waals surface area contributed by atoms with Crippen LogP contribution in [0.1, 0.15) is 57.7 Å². The van der Waals surface area contributed by atoms with Crippen LogP contribution < -0.4 is 4.90 Å². The summed E-state index contributed by atoms with van der Waals surface area (Å²) in [4.78, 5) is 13.2. The van der Waals surface area contributed by atoms with Gasteiger partial charge in [0.05, 0.1) is 20.4 Å². The molecule has 1 unspecified atom stereocenters. The van der Waals surface area contributed by atoms with Gasteiger partial charge in [-0.1, -0.05) is 31.6 Å². The predicted octanol–water partition coefficient (Wildman–Crippen LogP) is 5.32. The van der Waals surface area contributed by atoms with Crippen LogP contribution in [0.2, 0.25) is 0 Å². The lowest BCUT2D eigenvalue weighted by molar-refractivity contribution is 0.574. The fourth-order valence-corrected chi connectivity index (χ4v) is 6.25. The molecule has 0 bridgehead atoms. The summed E-state index contributed by atoms with van der Waals surface area (Å²) in [6.07, 6.45) is 14.5. The summed E-state index contributed by atoms with van der Waals surface area (Å²) < 4.78 is 13.6. The van der Waals surface area contributed by atoms with Crippen molar-refractivity contribution in [3.05, 3.63) is 30.1 Å². The van der Waals surface area contributed by atoms with Crippen LogP contribution in [0, 0.1) is 0 Å². The molecule has 6 heteroatoms. The second-order valence-electron chi connectivity index (χ2n) is 7.25. The van der Waals surface area contributed by atoms with Crippen LogP contribution in [0.15, 0.2) is 28.5 Å². The molecule has 4 nitrogen and oxygen atoms in total. The van der Waals surface area contributed by atoms with E-state index in [1.807, 2.05) is 0 Å². The van der Waals surface area contributed by atoms with Crippen molar-refractivity contribution in [2.75, 3.05) is 23.7 Å². The molecule has 1 atom stereocenters. The molecular weight excluding hydrogens is 374 g/mol. The number of anilines is 1. The van der Waals surface area contributed by atoms with Gasteiger partial charge in [0.15, 0.2) is 5.82 Å². The molecule has 1 saturated heterocycles. The summed E-state index contributed by atoms with van der Waals surface area (Å²) in [5.41, 5.74) is 1.11. The molecule has 0 N–H and O–H groups in total. The molecule has 3 heterocycles. The van der Waals surface area contributed by atoms with E-state index in [2.05, 4.69) is 36.1 Å². The Morgan fingerprint density at radius 1 is 1.19 bits per heavy atom. The topological polar surface area (TPSA) is 46.1 Å². The molecule has 27 heavy (non-hydrogen) atoms. The smallest absolute Gasteiger partial charge is 0.162 e. The Morgan fingerprint density at radius 3 is 2.78 bits per heavy atom. The molecule has 1 aliphatic carbocycles. The molecule has 1 fully saturated rings. The van der Waals surface area contributed by atoms with E-state index in [-0.39, 0.29) is 0 Å². The maximum Gasteiger partial charge on any atom is 0.162 e. The van der Waals surface area contributed by atoms with Gasteiger partial charge in [0.1, 0.15) is 10.6 Å². The third kappa shape index (κ3) is 4.16. The van der Waals surface area contributed by atoms with Gasteiger partial charge in [-0.05, 0) is 44.6 Å². The Morgan fingerprint density at radius 2 is 2.04 bits per heavy atom. The molecule has 0 spiro atoms. The number of unbranched alkanes of at least 4 members (excludes halogenated alkanes) is 1. The Bertz CT molecular complexity index is 894. The normalized spacial score (nSPS) is 18.7. The number of hydrogen-bond acceptors (Lipinski definition) is 5. The van der Waals surface area contributed by atoms with Crippen molar-refractivity contribution in [1.82, 2.24) is 9.97 Å². The highest BCUT2D eigenvalue weighted by Crippen LogP contribution is 2.35. The number of hydrogen-bond donors (Lipinski definition) is 0. The summed E-state index contributed by atoms with van der Waals surface area (Å²) in [6.45, 7) is 4.23. The highest BCUT2D eigenvalue weighted by Gasteiger charge is 2.21. The maximum atomic E-state index is 12.7. The van der Waals surface area contributed by atoms with Gasteiger partial charge in [-0.3, -0.25) is 4.21 Å². The first kappa shape index (κ1) is 18.8. The first-order valence-electron chi connectivity index (χ1n) is 10.1. The van der Waals surface area contributed by atoms with Gasteiger partial charge in [0, 0.05) is 24.4 Å². The zero-order chi connectivity index (χ0) is 18.6. The molecule has 2 aliphatic rings. The molecular formula is C21H27N3OS2. The van der Waals surface area contributed by atoms with Crippen LogP contribution in [0.25, 0.3) is 15.8 Å². The Kier molecular flexibility index (Phi) is 6.03. The molecule has 2 aromatic heterocycles. The highest BCUT2D eigenvalue weighted by molar-refractivity contribution is 7.87. The average Bonchev–Trinajstić information content (AvgIpc) is 3.17. The van der Waals surface area contributed by atoms with Crippen molar-refractivity contribution in [3.63, 3.8) is 0 Å². The molecule has 0 amide bonds. The third-order valence-corrected chi connectivity index (χ3v) is 8.02. The van der Waals surface area contributed by atoms with Gasteiger partial charge in [-0.25, -0.2) is 9.97 Å². The first-order valence-corrected chi connectivity index (χ1v) is 12.2. The van der Waals surface area contributed by atoms with E-state index in [1.54, 1.807) is 11.3 Å². The van der Waals surface area contributed by atoms with Gasteiger partial charge >= 0.3 is 0 Å². The predicted molar refractivity (Wildman–Crippen MR) is 116 cm³/mol. The summed E-state index contributed by atoms with van der Waals surface area (Å²) in [5, 5.41) is 1.07. The Balaban J connectivity index is 1.78. The van der Waals surface area contributed by atoms with Crippen molar-refractivity contribution in [3.8, 4) is 0 Å². The number of piperidine rings is 1. The van der Waals surface area contributed by atoms with Crippen LogP contribution in [0.3, 0.4) is 0 Å². The van der Waals surface area contributed by atoms with E-state index in [0.717, 1.165) is 76.2 Å². The monoisotopic (exact) mass is 401 g/mol. The lowest BCUT2D eigenvalue weighted by Gasteiger charge is -2.28. The quantitative estimate of drug-likeness (QED) is 0.657. The third-order valence-electron chi connectivity index (χ3n) is 5.17. The summed E-state index contributed by atoms with van der Waals surface area (Å²) in [6, 6.07) is 2.09. The molecule has 1 aliphatic heterocycles. The summed E-state index contributed by atoms with van der Waals surface area (Å²) >= 11 is 1.58.